The van der Waals surface area contributed by atoms with E-state index in [0.717, 1.165) is 12.5 Å². The van der Waals surface area contributed by atoms with Gasteiger partial charge in [-0.15, -0.1) is 11.3 Å². The lowest BCUT2D eigenvalue weighted by Gasteiger charge is -2.20. The Morgan fingerprint density at radius 2 is 2.11 bits per heavy atom. The van der Waals surface area contributed by atoms with Gasteiger partial charge in [-0.1, -0.05) is 37.3 Å². The molecule has 1 fully saturated rings. The molecule has 0 aliphatic heterocycles. The standard InChI is InChI=1S/C16H20N2S/c1-12(16-17-9-10-19-16)11-18-15(14-7-8-14)13-5-3-2-4-6-13/h2-6,9-10,12,14-15,18H,7-8,11H2,1H3. The van der Waals surface area contributed by atoms with E-state index in [2.05, 4.69) is 52.9 Å². The smallest absolute Gasteiger partial charge is 0.0965 e. The van der Waals surface area contributed by atoms with Crippen molar-refractivity contribution < 1.29 is 0 Å². The van der Waals surface area contributed by atoms with Gasteiger partial charge in [-0.25, -0.2) is 4.98 Å². The largest absolute Gasteiger partial charge is 0.309 e. The number of nitrogens with zero attached hydrogens (tertiary/aromatic N) is 1. The molecule has 1 N–H and O–H groups in total. The van der Waals surface area contributed by atoms with Gasteiger partial charge >= 0.3 is 0 Å². The fraction of sp³-hybridized carbons (Fsp3) is 0.438. The molecular formula is C16H20N2S. The van der Waals surface area contributed by atoms with E-state index >= 15 is 0 Å². The molecule has 1 aliphatic rings. The number of thiazole rings is 1. The lowest BCUT2D eigenvalue weighted by Crippen LogP contribution is -2.27. The molecule has 2 atom stereocenters. The molecule has 19 heavy (non-hydrogen) atoms. The van der Waals surface area contributed by atoms with Gasteiger partial charge in [0.15, 0.2) is 0 Å². The van der Waals surface area contributed by atoms with E-state index in [1.54, 1.807) is 11.3 Å². The van der Waals surface area contributed by atoms with Crippen LogP contribution in [0.2, 0.25) is 0 Å². The molecule has 0 saturated heterocycles. The molecule has 3 rings (SSSR count). The van der Waals surface area contributed by atoms with Gasteiger partial charge in [0, 0.05) is 30.1 Å². The van der Waals surface area contributed by atoms with Crippen LogP contribution in [0.5, 0.6) is 0 Å². The van der Waals surface area contributed by atoms with Crippen LogP contribution in [-0.4, -0.2) is 11.5 Å². The van der Waals surface area contributed by atoms with Gasteiger partial charge in [-0.2, -0.15) is 0 Å². The van der Waals surface area contributed by atoms with E-state index in [0.29, 0.717) is 12.0 Å². The highest BCUT2D eigenvalue weighted by atomic mass is 32.1. The van der Waals surface area contributed by atoms with Crippen molar-refractivity contribution in [2.75, 3.05) is 6.54 Å². The molecule has 0 bridgehead atoms. The van der Waals surface area contributed by atoms with E-state index in [1.807, 2.05) is 6.20 Å². The van der Waals surface area contributed by atoms with Crippen LogP contribution in [0, 0.1) is 5.92 Å². The van der Waals surface area contributed by atoms with Crippen molar-refractivity contribution in [2.45, 2.75) is 31.7 Å². The average molecular weight is 272 g/mol. The van der Waals surface area contributed by atoms with Crippen molar-refractivity contribution >= 4 is 11.3 Å². The number of hydrogen-bond acceptors (Lipinski definition) is 3. The topological polar surface area (TPSA) is 24.9 Å². The third-order valence-corrected chi connectivity index (χ3v) is 4.78. The second-order valence-corrected chi connectivity index (χ2v) is 6.33. The minimum Gasteiger partial charge on any atom is -0.309 e. The van der Waals surface area contributed by atoms with Crippen molar-refractivity contribution in [1.82, 2.24) is 10.3 Å². The summed E-state index contributed by atoms with van der Waals surface area (Å²) in [5, 5.41) is 7.04. The normalized spacial score (nSPS) is 18.2. The van der Waals surface area contributed by atoms with Gasteiger partial charge in [0.05, 0.1) is 5.01 Å². The van der Waals surface area contributed by atoms with Crippen LogP contribution in [0.3, 0.4) is 0 Å². The van der Waals surface area contributed by atoms with Crippen LogP contribution in [0.15, 0.2) is 41.9 Å². The summed E-state index contributed by atoms with van der Waals surface area (Å²) >= 11 is 1.75. The summed E-state index contributed by atoms with van der Waals surface area (Å²) in [4.78, 5) is 4.41. The molecule has 2 aromatic rings. The fourth-order valence-corrected chi connectivity index (χ4v) is 3.21. The summed E-state index contributed by atoms with van der Waals surface area (Å²) in [7, 11) is 0. The van der Waals surface area contributed by atoms with E-state index in [4.69, 9.17) is 0 Å². The van der Waals surface area contributed by atoms with Gasteiger partial charge in [0.2, 0.25) is 0 Å². The Labute approximate surface area is 118 Å². The molecular weight excluding hydrogens is 252 g/mol. The number of benzene rings is 1. The number of aromatic nitrogens is 1. The van der Waals surface area contributed by atoms with E-state index in [-0.39, 0.29) is 0 Å². The Kier molecular flexibility index (Phi) is 3.95. The second kappa shape index (κ2) is 5.85. The summed E-state index contributed by atoms with van der Waals surface area (Å²) in [6, 6.07) is 11.4. The molecule has 2 nitrogen and oxygen atoms in total. The van der Waals surface area contributed by atoms with Crippen LogP contribution in [0.1, 0.15) is 42.3 Å². The van der Waals surface area contributed by atoms with Gasteiger partial charge in [-0.05, 0) is 24.3 Å². The fourth-order valence-electron chi connectivity index (χ4n) is 2.52. The molecule has 0 spiro atoms. The zero-order valence-corrected chi connectivity index (χ0v) is 12.1. The molecule has 3 heteroatoms. The molecule has 1 heterocycles. The highest BCUT2D eigenvalue weighted by molar-refractivity contribution is 7.09. The lowest BCUT2D eigenvalue weighted by molar-refractivity contribution is 0.462. The third-order valence-electron chi connectivity index (χ3n) is 3.77. The Balaban J connectivity index is 1.63. The van der Waals surface area contributed by atoms with Gasteiger partial charge in [-0.3, -0.25) is 0 Å². The highest BCUT2D eigenvalue weighted by Gasteiger charge is 2.32. The number of hydrogen-bond donors (Lipinski definition) is 1. The Bertz CT molecular complexity index is 491. The molecule has 2 unspecified atom stereocenters. The summed E-state index contributed by atoms with van der Waals surface area (Å²) in [5.74, 6) is 1.32. The number of rotatable bonds is 6. The zero-order chi connectivity index (χ0) is 13.1. The maximum absolute atomic E-state index is 4.41. The van der Waals surface area contributed by atoms with Crippen molar-refractivity contribution in [1.29, 1.82) is 0 Å². The first kappa shape index (κ1) is 12.8. The van der Waals surface area contributed by atoms with Gasteiger partial charge < -0.3 is 5.32 Å². The third kappa shape index (κ3) is 3.23. The molecule has 1 aromatic carbocycles. The Morgan fingerprint density at radius 3 is 2.74 bits per heavy atom. The molecule has 1 aromatic heterocycles. The molecule has 1 saturated carbocycles. The summed E-state index contributed by atoms with van der Waals surface area (Å²) in [6.45, 7) is 3.25. The zero-order valence-electron chi connectivity index (χ0n) is 11.3. The summed E-state index contributed by atoms with van der Waals surface area (Å²) < 4.78 is 0. The monoisotopic (exact) mass is 272 g/mol. The molecule has 0 radical (unpaired) electrons. The van der Waals surface area contributed by atoms with Crippen molar-refractivity contribution in [3.63, 3.8) is 0 Å². The first-order valence-corrected chi connectivity index (χ1v) is 7.90. The first-order valence-electron chi connectivity index (χ1n) is 7.02. The Morgan fingerprint density at radius 1 is 1.32 bits per heavy atom. The maximum Gasteiger partial charge on any atom is 0.0965 e. The molecule has 100 valence electrons. The van der Waals surface area contributed by atoms with Crippen LogP contribution in [0.25, 0.3) is 0 Å². The summed E-state index contributed by atoms with van der Waals surface area (Å²) in [5.41, 5.74) is 1.43. The first-order chi connectivity index (χ1) is 9.34. The number of nitrogens with one attached hydrogen (secondary N) is 1. The molecule has 0 amide bonds. The predicted molar refractivity (Wildman–Crippen MR) is 80.4 cm³/mol. The van der Waals surface area contributed by atoms with E-state index < -0.39 is 0 Å². The van der Waals surface area contributed by atoms with Crippen molar-refractivity contribution in [2.24, 2.45) is 5.92 Å². The molecule has 1 aliphatic carbocycles. The quantitative estimate of drug-likeness (QED) is 0.860. The van der Waals surface area contributed by atoms with Crippen LogP contribution >= 0.6 is 11.3 Å². The minimum atomic E-state index is 0.491. The maximum atomic E-state index is 4.41. The summed E-state index contributed by atoms with van der Waals surface area (Å²) in [6.07, 6.45) is 4.61. The van der Waals surface area contributed by atoms with Gasteiger partial charge in [0.25, 0.3) is 0 Å². The second-order valence-electron chi connectivity index (χ2n) is 5.41. The average Bonchev–Trinajstić information content (AvgIpc) is 3.13. The van der Waals surface area contributed by atoms with Crippen LogP contribution < -0.4 is 5.32 Å². The van der Waals surface area contributed by atoms with Gasteiger partial charge in [0.1, 0.15) is 0 Å². The Hall–Kier alpha value is -1.19. The highest BCUT2D eigenvalue weighted by Crippen LogP contribution is 2.41. The SMILES string of the molecule is CC(CNC(c1ccccc1)C1CC1)c1nccs1. The van der Waals surface area contributed by atoms with Crippen molar-refractivity contribution in [3.8, 4) is 0 Å². The van der Waals surface area contributed by atoms with E-state index in [1.165, 1.54) is 23.4 Å². The van der Waals surface area contributed by atoms with Crippen LogP contribution in [0.4, 0.5) is 0 Å². The van der Waals surface area contributed by atoms with Crippen molar-refractivity contribution in [3.05, 3.63) is 52.5 Å². The lowest BCUT2D eigenvalue weighted by atomic mass is 10.0. The van der Waals surface area contributed by atoms with E-state index in [9.17, 15) is 0 Å². The minimum absolute atomic E-state index is 0.491. The predicted octanol–water partition coefficient (Wildman–Crippen LogP) is 3.99. The van der Waals surface area contributed by atoms with Crippen LogP contribution in [-0.2, 0) is 0 Å².